The number of benzene rings is 1. The predicted octanol–water partition coefficient (Wildman–Crippen LogP) is 1.60. The molecule has 0 saturated carbocycles. The van der Waals surface area contributed by atoms with E-state index in [0.29, 0.717) is 0 Å². The third kappa shape index (κ3) is 2.84. The van der Waals surface area contributed by atoms with E-state index in [1.54, 1.807) is 6.92 Å². The third-order valence-corrected chi connectivity index (χ3v) is 1.82. The van der Waals surface area contributed by atoms with E-state index in [1.165, 1.54) is 30.4 Å². The molecule has 0 radical (unpaired) electrons. The zero-order chi connectivity index (χ0) is 12.1. The number of carboxylic acid groups (broad SMARTS) is 1. The van der Waals surface area contributed by atoms with Crippen molar-refractivity contribution in [3.8, 4) is 5.75 Å². The SMILES string of the molecule is CC=CC(=O)Nc1cc(C(=O)O)ccc1O. The second-order valence-electron chi connectivity index (χ2n) is 3.03. The van der Waals surface area contributed by atoms with Crippen molar-refractivity contribution in [3.63, 3.8) is 0 Å². The van der Waals surface area contributed by atoms with E-state index in [1.807, 2.05) is 0 Å². The van der Waals surface area contributed by atoms with Crippen LogP contribution < -0.4 is 5.32 Å². The molecule has 0 bridgehead atoms. The van der Waals surface area contributed by atoms with E-state index in [2.05, 4.69) is 5.32 Å². The van der Waals surface area contributed by atoms with Crippen LogP contribution in [0, 0.1) is 0 Å². The van der Waals surface area contributed by atoms with Gasteiger partial charge in [-0.2, -0.15) is 0 Å². The number of aromatic carboxylic acids is 1. The molecule has 0 aliphatic heterocycles. The molecule has 1 aromatic carbocycles. The number of hydrogen-bond donors (Lipinski definition) is 3. The Bertz CT molecular complexity index is 451. The van der Waals surface area contributed by atoms with Crippen LogP contribution in [0.1, 0.15) is 17.3 Å². The minimum absolute atomic E-state index is 0.00595. The first-order chi connectivity index (χ1) is 7.54. The van der Waals surface area contributed by atoms with Crippen molar-refractivity contribution in [3.05, 3.63) is 35.9 Å². The van der Waals surface area contributed by atoms with Crippen LogP contribution in [0.3, 0.4) is 0 Å². The lowest BCUT2D eigenvalue weighted by atomic mass is 10.2. The van der Waals surface area contributed by atoms with Gasteiger partial charge in [-0.05, 0) is 31.2 Å². The van der Waals surface area contributed by atoms with Crippen molar-refractivity contribution < 1.29 is 19.8 Å². The normalized spacial score (nSPS) is 10.3. The van der Waals surface area contributed by atoms with Crippen molar-refractivity contribution in [2.24, 2.45) is 0 Å². The highest BCUT2D eigenvalue weighted by molar-refractivity contribution is 6.01. The van der Waals surface area contributed by atoms with Crippen LogP contribution in [0.5, 0.6) is 5.75 Å². The molecule has 1 rings (SSSR count). The molecule has 0 unspecified atom stereocenters. The Hall–Kier alpha value is -2.30. The molecular weight excluding hydrogens is 210 g/mol. The van der Waals surface area contributed by atoms with Gasteiger partial charge in [-0.15, -0.1) is 0 Å². The Kier molecular flexibility index (Phi) is 3.66. The number of nitrogens with one attached hydrogen (secondary N) is 1. The number of allylic oxidation sites excluding steroid dienone is 1. The first kappa shape index (κ1) is 11.8. The number of aromatic hydroxyl groups is 1. The average molecular weight is 221 g/mol. The fourth-order valence-corrected chi connectivity index (χ4v) is 1.09. The lowest BCUT2D eigenvalue weighted by Crippen LogP contribution is -2.08. The molecule has 16 heavy (non-hydrogen) atoms. The van der Waals surface area contributed by atoms with Crippen molar-refractivity contribution in [2.45, 2.75) is 6.92 Å². The molecule has 0 atom stereocenters. The maximum Gasteiger partial charge on any atom is 0.335 e. The van der Waals surface area contributed by atoms with Crippen LogP contribution in [0.25, 0.3) is 0 Å². The zero-order valence-corrected chi connectivity index (χ0v) is 8.60. The van der Waals surface area contributed by atoms with Gasteiger partial charge in [0.15, 0.2) is 0 Å². The monoisotopic (exact) mass is 221 g/mol. The quantitative estimate of drug-likeness (QED) is 0.534. The number of carbonyl (C=O) groups excluding carboxylic acids is 1. The number of phenolic OH excluding ortho intramolecular Hbond substituents is 1. The van der Waals surface area contributed by atoms with Crippen molar-refractivity contribution >= 4 is 17.6 Å². The maximum atomic E-state index is 11.2. The molecule has 0 aliphatic rings. The Morgan fingerprint density at radius 1 is 1.38 bits per heavy atom. The van der Waals surface area contributed by atoms with E-state index in [0.717, 1.165) is 0 Å². The first-order valence-electron chi connectivity index (χ1n) is 4.54. The summed E-state index contributed by atoms with van der Waals surface area (Å²) in [6, 6.07) is 3.66. The first-order valence-corrected chi connectivity index (χ1v) is 4.54. The molecule has 0 spiro atoms. The number of carbonyl (C=O) groups is 2. The van der Waals surface area contributed by atoms with Crippen LogP contribution in [0.4, 0.5) is 5.69 Å². The van der Waals surface area contributed by atoms with Crippen LogP contribution in [0.2, 0.25) is 0 Å². The predicted molar refractivity (Wildman–Crippen MR) is 58.5 cm³/mol. The van der Waals surface area contributed by atoms with Gasteiger partial charge >= 0.3 is 5.97 Å². The molecule has 0 aliphatic carbocycles. The lowest BCUT2D eigenvalue weighted by Gasteiger charge is -2.05. The number of amides is 1. The van der Waals surface area contributed by atoms with Crippen LogP contribution >= 0.6 is 0 Å². The van der Waals surface area contributed by atoms with Crippen molar-refractivity contribution in [2.75, 3.05) is 5.32 Å². The topological polar surface area (TPSA) is 86.6 Å². The summed E-state index contributed by atoms with van der Waals surface area (Å²) in [5, 5.41) is 20.5. The van der Waals surface area contributed by atoms with E-state index in [-0.39, 0.29) is 17.0 Å². The smallest absolute Gasteiger partial charge is 0.335 e. The molecule has 5 heteroatoms. The van der Waals surface area contributed by atoms with E-state index >= 15 is 0 Å². The van der Waals surface area contributed by atoms with Gasteiger partial charge < -0.3 is 15.5 Å². The summed E-state index contributed by atoms with van der Waals surface area (Å²) < 4.78 is 0. The fraction of sp³-hybridized carbons (Fsp3) is 0.0909. The molecule has 1 amide bonds. The minimum atomic E-state index is -1.12. The number of phenols is 1. The van der Waals surface area contributed by atoms with Gasteiger partial charge in [0, 0.05) is 0 Å². The van der Waals surface area contributed by atoms with Crippen LogP contribution in [0.15, 0.2) is 30.4 Å². The standard InChI is InChI=1S/C11H11NO4/c1-2-3-10(14)12-8-6-7(11(15)16)4-5-9(8)13/h2-6,13H,1H3,(H,12,14)(H,15,16). The highest BCUT2D eigenvalue weighted by Crippen LogP contribution is 2.24. The van der Waals surface area contributed by atoms with Crippen molar-refractivity contribution in [1.29, 1.82) is 0 Å². The molecule has 0 aromatic heterocycles. The Labute approximate surface area is 92.0 Å². The van der Waals surface area contributed by atoms with Gasteiger partial charge in [-0.25, -0.2) is 4.79 Å². The van der Waals surface area contributed by atoms with E-state index in [9.17, 15) is 14.7 Å². The Balaban J connectivity index is 2.98. The highest BCUT2D eigenvalue weighted by Gasteiger charge is 2.08. The second kappa shape index (κ2) is 4.97. The van der Waals surface area contributed by atoms with Crippen LogP contribution in [-0.4, -0.2) is 22.1 Å². The highest BCUT2D eigenvalue weighted by atomic mass is 16.4. The van der Waals surface area contributed by atoms with E-state index < -0.39 is 11.9 Å². The minimum Gasteiger partial charge on any atom is -0.506 e. The van der Waals surface area contributed by atoms with Gasteiger partial charge in [0.1, 0.15) is 5.75 Å². The largest absolute Gasteiger partial charge is 0.506 e. The molecule has 0 heterocycles. The van der Waals surface area contributed by atoms with E-state index in [4.69, 9.17) is 5.11 Å². The van der Waals surface area contributed by atoms with Crippen LogP contribution in [-0.2, 0) is 4.79 Å². The summed E-state index contributed by atoms with van der Waals surface area (Å²) in [5.41, 5.74) is 0.0663. The molecule has 3 N–H and O–H groups in total. The van der Waals surface area contributed by atoms with Gasteiger partial charge in [-0.3, -0.25) is 4.79 Å². The number of hydrogen-bond acceptors (Lipinski definition) is 3. The molecule has 0 saturated heterocycles. The second-order valence-corrected chi connectivity index (χ2v) is 3.03. The zero-order valence-electron chi connectivity index (χ0n) is 8.60. The maximum absolute atomic E-state index is 11.2. The number of anilines is 1. The molecular formula is C11H11NO4. The summed E-state index contributed by atoms with van der Waals surface area (Å²) in [7, 11) is 0. The van der Waals surface area contributed by atoms with Gasteiger partial charge in [0.2, 0.25) is 5.91 Å². The average Bonchev–Trinajstić information content (AvgIpc) is 2.21. The molecule has 5 nitrogen and oxygen atoms in total. The summed E-state index contributed by atoms with van der Waals surface area (Å²) in [4.78, 5) is 21.9. The third-order valence-electron chi connectivity index (χ3n) is 1.82. The number of rotatable bonds is 3. The lowest BCUT2D eigenvalue weighted by molar-refractivity contribution is -0.111. The fourth-order valence-electron chi connectivity index (χ4n) is 1.09. The number of carboxylic acids is 1. The van der Waals surface area contributed by atoms with Crippen molar-refractivity contribution in [1.82, 2.24) is 0 Å². The summed E-state index contributed by atoms with van der Waals surface area (Å²) in [6.07, 6.45) is 2.81. The van der Waals surface area contributed by atoms with Gasteiger partial charge in [-0.1, -0.05) is 6.08 Å². The summed E-state index contributed by atoms with van der Waals surface area (Å²) in [5.74, 6) is -1.73. The summed E-state index contributed by atoms with van der Waals surface area (Å²) >= 11 is 0. The Morgan fingerprint density at radius 3 is 2.62 bits per heavy atom. The van der Waals surface area contributed by atoms with Gasteiger partial charge in [0.25, 0.3) is 0 Å². The Morgan fingerprint density at radius 2 is 2.06 bits per heavy atom. The molecule has 1 aromatic rings. The molecule has 0 fully saturated rings. The summed E-state index contributed by atoms with van der Waals surface area (Å²) in [6.45, 7) is 1.67. The molecule has 84 valence electrons. The van der Waals surface area contributed by atoms with Gasteiger partial charge in [0.05, 0.1) is 11.3 Å².